The molecule has 2 aromatic heterocycles. The molecule has 1 N–H and O–H groups in total. The molecule has 4 rings (SSSR count). The zero-order chi connectivity index (χ0) is 15.8. The first kappa shape index (κ1) is 13.8. The minimum absolute atomic E-state index is 0.278. The standard InChI is InChI=1S/C17H15N3O3/c1-22-17-12(3-2-8-18-17)15(21)19-11-6-7-14-13(9-11)20-16(23-14)10-4-5-10/h2-3,6-10H,4-5H2,1H3,(H,19,21). The molecule has 1 amide bonds. The highest BCUT2D eigenvalue weighted by molar-refractivity contribution is 6.06. The highest BCUT2D eigenvalue weighted by Crippen LogP contribution is 2.40. The lowest BCUT2D eigenvalue weighted by molar-refractivity contribution is 0.102. The molecule has 6 heteroatoms. The van der Waals surface area contributed by atoms with E-state index in [0.717, 1.165) is 29.8 Å². The van der Waals surface area contributed by atoms with Crippen LogP contribution in [0.2, 0.25) is 0 Å². The number of benzene rings is 1. The van der Waals surface area contributed by atoms with Crippen LogP contribution in [-0.2, 0) is 0 Å². The predicted molar refractivity (Wildman–Crippen MR) is 84.7 cm³/mol. The van der Waals surface area contributed by atoms with Crippen LogP contribution in [0.3, 0.4) is 0 Å². The smallest absolute Gasteiger partial charge is 0.261 e. The van der Waals surface area contributed by atoms with E-state index in [0.29, 0.717) is 23.0 Å². The molecule has 1 saturated carbocycles. The number of nitrogens with one attached hydrogen (secondary N) is 1. The van der Waals surface area contributed by atoms with E-state index in [-0.39, 0.29) is 5.91 Å². The highest BCUT2D eigenvalue weighted by Gasteiger charge is 2.28. The number of carbonyl (C=O) groups excluding carboxylic acids is 1. The molecule has 3 aromatic rings. The van der Waals surface area contributed by atoms with Gasteiger partial charge in [0.25, 0.3) is 5.91 Å². The van der Waals surface area contributed by atoms with Crippen LogP contribution in [0.1, 0.15) is 35.0 Å². The Morgan fingerprint density at radius 1 is 1.35 bits per heavy atom. The second-order valence-corrected chi connectivity index (χ2v) is 5.52. The van der Waals surface area contributed by atoms with Crippen molar-refractivity contribution in [2.45, 2.75) is 18.8 Å². The van der Waals surface area contributed by atoms with Gasteiger partial charge in [0.15, 0.2) is 11.5 Å². The topological polar surface area (TPSA) is 77.2 Å². The molecule has 116 valence electrons. The van der Waals surface area contributed by atoms with Gasteiger partial charge < -0.3 is 14.5 Å². The summed E-state index contributed by atoms with van der Waals surface area (Å²) in [6.45, 7) is 0. The van der Waals surface area contributed by atoms with E-state index in [1.54, 1.807) is 24.4 Å². The number of hydrogen-bond acceptors (Lipinski definition) is 5. The lowest BCUT2D eigenvalue weighted by Gasteiger charge is -2.07. The van der Waals surface area contributed by atoms with E-state index < -0.39 is 0 Å². The highest BCUT2D eigenvalue weighted by atomic mass is 16.5. The normalized spacial score (nSPS) is 14.0. The summed E-state index contributed by atoms with van der Waals surface area (Å²) in [7, 11) is 1.49. The van der Waals surface area contributed by atoms with Gasteiger partial charge in [-0.3, -0.25) is 4.79 Å². The van der Waals surface area contributed by atoms with E-state index in [9.17, 15) is 4.79 Å². The third-order valence-electron chi connectivity index (χ3n) is 3.80. The van der Waals surface area contributed by atoms with Gasteiger partial charge in [-0.15, -0.1) is 0 Å². The number of nitrogens with zero attached hydrogens (tertiary/aromatic N) is 2. The summed E-state index contributed by atoms with van der Waals surface area (Å²) in [5.74, 6) is 1.27. The van der Waals surface area contributed by atoms with Crippen molar-refractivity contribution in [1.82, 2.24) is 9.97 Å². The molecular weight excluding hydrogens is 294 g/mol. The fraction of sp³-hybridized carbons (Fsp3) is 0.235. The van der Waals surface area contributed by atoms with Crippen molar-refractivity contribution < 1.29 is 13.9 Å². The van der Waals surface area contributed by atoms with E-state index >= 15 is 0 Å². The molecule has 1 aliphatic rings. The van der Waals surface area contributed by atoms with Crippen LogP contribution in [0.4, 0.5) is 5.69 Å². The number of hydrogen-bond donors (Lipinski definition) is 1. The number of pyridine rings is 1. The molecule has 0 unspecified atom stereocenters. The first-order chi connectivity index (χ1) is 11.2. The molecule has 0 radical (unpaired) electrons. The van der Waals surface area contributed by atoms with E-state index in [4.69, 9.17) is 9.15 Å². The molecule has 23 heavy (non-hydrogen) atoms. The van der Waals surface area contributed by atoms with Gasteiger partial charge in [-0.1, -0.05) is 0 Å². The van der Waals surface area contributed by atoms with Crippen LogP contribution >= 0.6 is 0 Å². The van der Waals surface area contributed by atoms with Crippen LogP contribution in [-0.4, -0.2) is 23.0 Å². The minimum atomic E-state index is -0.278. The van der Waals surface area contributed by atoms with E-state index in [1.165, 1.54) is 7.11 Å². The van der Waals surface area contributed by atoms with Crippen molar-refractivity contribution in [3.8, 4) is 5.88 Å². The summed E-state index contributed by atoms with van der Waals surface area (Å²) in [4.78, 5) is 20.9. The predicted octanol–water partition coefficient (Wildman–Crippen LogP) is 3.36. The number of ether oxygens (including phenoxy) is 1. The molecule has 0 bridgehead atoms. The number of methoxy groups -OCH3 is 1. The first-order valence-corrected chi connectivity index (χ1v) is 7.45. The van der Waals surface area contributed by atoms with Crippen molar-refractivity contribution in [3.05, 3.63) is 48.0 Å². The van der Waals surface area contributed by atoms with Gasteiger partial charge in [0.2, 0.25) is 5.88 Å². The number of fused-ring (bicyclic) bond motifs is 1. The van der Waals surface area contributed by atoms with Gasteiger partial charge in [-0.25, -0.2) is 9.97 Å². The first-order valence-electron chi connectivity index (χ1n) is 7.45. The fourth-order valence-electron chi connectivity index (χ4n) is 2.45. The van der Waals surface area contributed by atoms with Crippen LogP contribution < -0.4 is 10.1 Å². The summed E-state index contributed by atoms with van der Waals surface area (Å²) < 4.78 is 10.8. The largest absolute Gasteiger partial charge is 0.480 e. The number of carbonyl (C=O) groups is 1. The number of anilines is 1. The van der Waals surface area contributed by atoms with Gasteiger partial charge in [0, 0.05) is 17.8 Å². The molecule has 0 saturated heterocycles. The number of rotatable bonds is 4. The quantitative estimate of drug-likeness (QED) is 0.799. The van der Waals surface area contributed by atoms with Gasteiger partial charge in [0.1, 0.15) is 11.1 Å². The maximum atomic E-state index is 12.4. The molecule has 2 heterocycles. The van der Waals surface area contributed by atoms with E-state index in [2.05, 4.69) is 15.3 Å². The molecule has 1 aliphatic carbocycles. The molecule has 1 fully saturated rings. The summed E-state index contributed by atoms with van der Waals surface area (Å²) >= 11 is 0. The molecule has 0 atom stereocenters. The molecule has 0 aliphatic heterocycles. The zero-order valence-corrected chi connectivity index (χ0v) is 12.6. The Hall–Kier alpha value is -2.89. The third-order valence-corrected chi connectivity index (χ3v) is 3.80. The Balaban J connectivity index is 1.60. The SMILES string of the molecule is COc1ncccc1C(=O)Nc1ccc2oc(C3CC3)nc2c1. The number of amides is 1. The lowest BCUT2D eigenvalue weighted by atomic mass is 10.2. The third kappa shape index (κ3) is 2.63. The minimum Gasteiger partial charge on any atom is -0.480 e. The molecular formula is C17H15N3O3. The van der Waals surface area contributed by atoms with Crippen LogP contribution in [0.15, 0.2) is 40.9 Å². The summed E-state index contributed by atoms with van der Waals surface area (Å²) in [6, 6.07) is 8.79. The Labute approximate surface area is 132 Å². The Bertz CT molecular complexity index is 884. The van der Waals surface area contributed by atoms with Crippen LogP contribution in [0.25, 0.3) is 11.1 Å². The average Bonchev–Trinajstić information content (AvgIpc) is 3.34. The van der Waals surface area contributed by atoms with Crippen molar-refractivity contribution in [2.24, 2.45) is 0 Å². The second-order valence-electron chi connectivity index (χ2n) is 5.52. The Kier molecular flexibility index (Phi) is 3.22. The maximum Gasteiger partial charge on any atom is 0.261 e. The molecule has 0 spiro atoms. The van der Waals surface area contributed by atoms with Gasteiger partial charge in [0.05, 0.1) is 7.11 Å². The molecule has 6 nitrogen and oxygen atoms in total. The fourth-order valence-corrected chi connectivity index (χ4v) is 2.45. The van der Waals surface area contributed by atoms with Crippen molar-refractivity contribution in [1.29, 1.82) is 0 Å². The summed E-state index contributed by atoms with van der Waals surface area (Å²) in [5.41, 5.74) is 2.53. The van der Waals surface area contributed by atoms with Gasteiger partial charge >= 0.3 is 0 Å². The van der Waals surface area contributed by atoms with Crippen LogP contribution in [0.5, 0.6) is 5.88 Å². The average molecular weight is 309 g/mol. The summed E-state index contributed by atoms with van der Waals surface area (Å²) in [6.07, 6.45) is 3.85. The van der Waals surface area contributed by atoms with Crippen LogP contribution in [0, 0.1) is 0 Å². The van der Waals surface area contributed by atoms with Gasteiger partial charge in [-0.05, 0) is 43.2 Å². The lowest BCUT2D eigenvalue weighted by Crippen LogP contribution is -2.13. The van der Waals surface area contributed by atoms with Crippen molar-refractivity contribution in [3.63, 3.8) is 0 Å². The summed E-state index contributed by atoms with van der Waals surface area (Å²) in [5, 5.41) is 2.84. The van der Waals surface area contributed by atoms with Crippen molar-refractivity contribution in [2.75, 3.05) is 12.4 Å². The van der Waals surface area contributed by atoms with Crippen molar-refractivity contribution >= 4 is 22.7 Å². The molecule has 1 aromatic carbocycles. The van der Waals surface area contributed by atoms with E-state index in [1.807, 2.05) is 12.1 Å². The zero-order valence-electron chi connectivity index (χ0n) is 12.6. The monoisotopic (exact) mass is 309 g/mol. The second kappa shape index (κ2) is 5.39. The maximum absolute atomic E-state index is 12.4. The number of aromatic nitrogens is 2. The Morgan fingerprint density at radius 3 is 3.00 bits per heavy atom. The van der Waals surface area contributed by atoms with Gasteiger partial charge in [-0.2, -0.15) is 0 Å². The number of oxazole rings is 1. The Morgan fingerprint density at radius 2 is 2.22 bits per heavy atom.